The fourth-order valence-electron chi connectivity index (χ4n) is 15.1. The van der Waals surface area contributed by atoms with Crippen LogP contribution in [-0.2, 0) is 16.2 Å². The van der Waals surface area contributed by atoms with Gasteiger partial charge in [0.05, 0.1) is 21.9 Å². The minimum Gasteiger partial charge on any atom is -0.457 e. The summed E-state index contributed by atoms with van der Waals surface area (Å²) < 4.78 is 13.6. The summed E-state index contributed by atoms with van der Waals surface area (Å²) in [7, 11) is 0. The molecule has 0 bridgehead atoms. The van der Waals surface area contributed by atoms with Crippen LogP contribution in [0, 0.1) is 0 Å². The van der Waals surface area contributed by atoms with Crippen molar-refractivity contribution in [1.29, 1.82) is 0 Å². The van der Waals surface area contributed by atoms with Crippen molar-refractivity contribution in [2.24, 2.45) is 0 Å². The van der Waals surface area contributed by atoms with E-state index in [-0.39, 0.29) is 0 Å². The van der Waals surface area contributed by atoms with E-state index in [0.29, 0.717) is 0 Å². The minimum absolute atomic E-state index is 0.603. The fraction of sp³-hybridized carbons (Fsp3) is 0.0400. The predicted octanol–water partition coefficient (Wildman–Crippen LogP) is 18.5. The lowest BCUT2D eigenvalue weighted by Gasteiger charge is -2.39. The van der Waals surface area contributed by atoms with Crippen LogP contribution < -0.4 is 14.4 Å². The lowest BCUT2D eigenvalue weighted by Crippen LogP contribution is -2.32. The van der Waals surface area contributed by atoms with Gasteiger partial charge in [-0.3, -0.25) is 0 Å². The third-order valence-electron chi connectivity index (χ3n) is 17.9. The van der Waals surface area contributed by atoms with Gasteiger partial charge >= 0.3 is 0 Å². The summed E-state index contributed by atoms with van der Waals surface area (Å²) in [5.41, 5.74) is 23.2. The highest BCUT2D eigenvalue weighted by atomic mass is 16.5. The highest BCUT2D eigenvalue weighted by Gasteiger charge is 2.54. The largest absolute Gasteiger partial charge is 0.457 e. The van der Waals surface area contributed by atoms with Crippen molar-refractivity contribution in [3.8, 4) is 56.4 Å². The fourth-order valence-corrected chi connectivity index (χ4v) is 15.1. The third-order valence-corrected chi connectivity index (χ3v) is 17.9. The Labute approximate surface area is 453 Å². The molecule has 0 saturated heterocycles. The molecule has 3 nitrogen and oxygen atoms in total. The second-order valence-electron chi connectivity index (χ2n) is 21.3. The van der Waals surface area contributed by atoms with Gasteiger partial charge in [-0.05, 0) is 127 Å². The predicted molar refractivity (Wildman–Crippen MR) is 313 cm³/mol. The van der Waals surface area contributed by atoms with Crippen molar-refractivity contribution < 1.29 is 9.47 Å². The van der Waals surface area contributed by atoms with E-state index in [1.54, 1.807) is 0 Å². The first kappa shape index (κ1) is 43.3. The van der Waals surface area contributed by atoms with Crippen LogP contribution in [0.1, 0.15) is 66.8 Å². The van der Waals surface area contributed by atoms with Gasteiger partial charge in [0.15, 0.2) is 0 Å². The molecule has 3 aliphatic carbocycles. The van der Waals surface area contributed by atoms with Crippen LogP contribution in [0.25, 0.3) is 33.4 Å². The summed E-state index contributed by atoms with van der Waals surface area (Å²) >= 11 is 0. The molecule has 5 aliphatic rings. The van der Waals surface area contributed by atoms with E-state index in [9.17, 15) is 0 Å². The highest BCUT2D eigenvalue weighted by molar-refractivity contribution is 6.00. The molecule has 3 heteroatoms. The number of rotatable bonds is 5. The lowest BCUT2D eigenvalue weighted by atomic mass is 9.66. The summed E-state index contributed by atoms with van der Waals surface area (Å²) in [6.45, 7) is 0. The van der Waals surface area contributed by atoms with Crippen molar-refractivity contribution in [3.05, 3.63) is 352 Å². The zero-order valence-corrected chi connectivity index (χ0v) is 42.4. The molecule has 17 rings (SSSR count). The van der Waals surface area contributed by atoms with Crippen LogP contribution in [0.2, 0.25) is 0 Å². The number of anilines is 3. The second kappa shape index (κ2) is 16.0. The Morgan fingerprint density at radius 3 is 1.15 bits per heavy atom. The Kier molecular flexibility index (Phi) is 8.90. The Morgan fingerprint density at radius 1 is 0.231 bits per heavy atom. The molecular formula is C75H47NO2. The number of para-hydroxylation sites is 4. The average molecular weight is 994 g/mol. The van der Waals surface area contributed by atoms with E-state index in [0.717, 1.165) is 62.3 Å². The van der Waals surface area contributed by atoms with Gasteiger partial charge in [0, 0.05) is 39.2 Å². The first-order valence-corrected chi connectivity index (χ1v) is 27.1. The van der Waals surface area contributed by atoms with Gasteiger partial charge in [-0.25, -0.2) is 0 Å². The van der Waals surface area contributed by atoms with Crippen LogP contribution >= 0.6 is 0 Å². The smallest absolute Gasteiger partial charge is 0.132 e. The second-order valence-corrected chi connectivity index (χ2v) is 21.3. The summed E-state index contributed by atoms with van der Waals surface area (Å²) in [5.74, 6) is 3.51. The Morgan fingerprint density at radius 2 is 0.603 bits per heavy atom. The zero-order valence-electron chi connectivity index (χ0n) is 42.4. The van der Waals surface area contributed by atoms with E-state index < -0.39 is 16.2 Å². The van der Waals surface area contributed by atoms with Gasteiger partial charge in [0.2, 0.25) is 0 Å². The Hall–Kier alpha value is -9.96. The molecule has 364 valence electrons. The average Bonchev–Trinajstić information content (AvgIpc) is 3.98. The summed E-state index contributed by atoms with van der Waals surface area (Å²) in [5, 5.41) is 0. The molecule has 2 heterocycles. The van der Waals surface area contributed by atoms with Crippen LogP contribution in [0.15, 0.2) is 285 Å². The number of ether oxygens (including phenoxy) is 2. The maximum Gasteiger partial charge on any atom is 0.132 e. The van der Waals surface area contributed by atoms with Gasteiger partial charge in [0.25, 0.3) is 0 Å². The van der Waals surface area contributed by atoms with Crippen molar-refractivity contribution in [2.75, 3.05) is 4.90 Å². The molecule has 0 amide bonds. The zero-order chi connectivity index (χ0) is 51.2. The van der Waals surface area contributed by atoms with Gasteiger partial charge in [-0.2, -0.15) is 0 Å². The van der Waals surface area contributed by atoms with E-state index in [4.69, 9.17) is 9.47 Å². The normalized spacial score (nSPS) is 14.9. The van der Waals surface area contributed by atoms with E-state index in [1.165, 1.54) is 77.9 Å². The van der Waals surface area contributed by atoms with Crippen molar-refractivity contribution >= 4 is 17.1 Å². The first-order chi connectivity index (χ1) is 38.7. The maximum atomic E-state index is 6.82. The van der Waals surface area contributed by atoms with Gasteiger partial charge in [0.1, 0.15) is 23.0 Å². The van der Waals surface area contributed by atoms with Crippen LogP contribution in [-0.4, -0.2) is 0 Å². The Balaban J connectivity index is 0.979. The van der Waals surface area contributed by atoms with Crippen LogP contribution in [0.4, 0.5) is 17.1 Å². The molecule has 78 heavy (non-hydrogen) atoms. The molecular weight excluding hydrogens is 947 g/mol. The standard InChI is InChI=1S/C75H47NO2/c1-3-22-48(23-4-1)73(49-24-5-2-6-25-49)57-29-10-7-26-52(57)54-44-42-51(47-66(54)73)76(50-43-45-60-56(46-50)53-27-8-11-30-58(53)74(60)61-32-13-17-38-68(61)77-69-39-18-14-33-62(69)74)67-37-21-36-65-72(67)55-28-9-12-31-59(55)75(65)63-34-15-19-40-70(63)78-71-41-20-16-35-64(71)75/h1-47H. The van der Waals surface area contributed by atoms with Crippen molar-refractivity contribution in [2.45, 2.75) is 16.2 Å². The van der Waals surface area contributed by atoms with Gasteiger partial charge < -0.3 is 14.4 Å². The molecule has 0 unspecified atom stereocenters. The molecule has 12 aromatic carbocycles. The minimum atomic E-state index is -0.651. The molecule has 0 saturated carbocycles. The molecule has 0 radical (unpaired) electrons. The summed E-state index contributed by atoms with van der Waals surface area (Å²) in [6.07, 6.45) is 0. The molecule has 12 aromatic rings. The quantitative estimate of drug-likeness (QED) is 0.172. The Bertz CT molecular complexity index is 4350. The number of nitrogens with zero attached hydrogens (tertiary/aromatic N) is 1. The number of hydrogen-bond acceptors (Lipinski definition) is 3. The molecule has 0 atom stereocenters. The molecule has 0 N–H and O–H groups in total. The van der Waals surface area contributed by atoms with Crippen LogP contribution in [0.3, 0.4) is 0 Å². The van der Waals surface area contributed by atoms with Crippen molar-refractivity contribution in [1.82, 2.24) is 0 Å². The SMILES string of the molecule is c1ccc(C2(c3ccccc3)c3ccccc3-c3ccc(N(c4ccc5c(c4)-c4ccccc4C54c5ccccc5Oc5ccccc54)c4cccc5c4-c4ccccc4C54c5ccccc5Oc5ccccc54)cc32)cc1. The van der Waals surface area contributed by atoms with Gasteiger partial charge in [-0.15, -0.1) is 0 Å². The van der Waals surface area contributed by atoms with Crippen LogP contribution in [0.5, 0.6) is 23.0 Å². The number of benzene rings is 12. The monoisotopic (exact) mass is 993 g/mol. The first-order valence-electron chi connectivity index (χ1n) is 27.1. The van der Waals surface area contributed by atoms with Crippen molar-refractivity contribution in [3.63, 3.8) is 0 Å². The molecule has 0 aromatic heterocycles. The molecule has 2 spiro atoms. The number of fused-ring (bicyclic) bond motifs is 21. The molecule has 2 aliphatic heterocycles. The van der Waals surface area contributed by atoms with Gasteiger partial charge in [-0.1, -0.05) is 231 Å². The molecule has 0 fully saturated rings. The maximum absolute atomic E-state index is 6.82. The summed E-state index contributed by atoms with van der Waals surface area (Å²) in [6, 6.07) is 106. The summed E-state index contributed by atoms with van der Waals surface area (Å²) in [4.78, 5) is 2.57. The van der Waals surface area contributed by atoms with E-state index >= 15 is 0 Å². The van der Waals surface area contributed by atoms with E-state index in [1.807, 2.05) is 0 Å². The third kappa shape index (κ3) is 5.42. The number of hydrogen-bond donors (Lipinski definition) is 0. The lowest BCUT2D eigenvalue weighted by molar-refractivity contribution is 0.436. The highest BCUT2D eigenvalue weighted by Crippen LogP contribution is 2.66. The topological polar surface area (TPSA) is 21.7 Å². The van der Waals surface area contributed by atoms with E-state index in [2.05, 4.69) is 290 Å².